The molecule has 7 nitrogen and oxygen atoms in total. The summed E-state index contributed by atoms with van der Waals surface area (Å²) in [5.41, 5.74) is 4.22. The lowest BCUT2D eigenvalue weighted by atomic mass is 10.1. The second-order valence-corrected chi connectivity index (χ2v) is 8.95. The number of nitrogens with one attached hydrogen (secondary N) is 1. The van der Waals surface area contributed by atoms with E-state index in [1.807, 2.05) is 49.9 Å². The molecule has 1 aliphatic heterocycles. The van der Waals surface area contributed by atoms with Crippen molar-refractivity contribution in [1.29, 1.82) is 0 Å². The lowest BCUT2D eigenvalue weighted by Gasteiger charge is -2.19. The molecule has 4 heterocycles. The molecule has 32 heavy (non-hydrogen) atoms. The van der Waals surface area contributed by atoms with Crippen LogP contribution < -0.4 is 10.2 Å². The zero-order chi connectivity index (χ0) is 22.4. The number of benzene rings is 1. The van der Waals surface area contributed by atoms with Gasteiger partial charge in [-0.2, -0.15) is 0 Å². The van der Waals surface area contributed by atoms with Gasteiger partial charge in [-0.05, 0) is 68.7 Å². The Bertz CT molecular complexity index is 1360. The number of furan rings is 1. The van der Waals surface area contributed by atoms with E-state index in [0.717, 1.165) is 45.7 Å². The third-order valence-electron chi connectivity index (χ3n) is 5.74. The molecule has 5 rings (SSSR count). The van der Waals surface area contributed by atoms with Crippen LogP contribution in [0.1, 0.15) is 39.3 Å². The molecule has 4 aromatic rings. The topological polar surface area (TPSA) is 88.3 Å². The fourth-order valence-corrected chi connectivity index (χ4v) is 5.33. The number of rotatable bonds is 4. The van der Waals surface area contributed by atoms with Crippen LogP contribution in [0.15, 0.2) is 41.0 Å². The Kier molecular flexibility index (Phi) is 5.01. The van der Waals surface area contributed by atoms with Crippen molar-refractivity contribution in [1.82, 2.24) is 9.97 Å². The second-order valence-electron chi connectivity index (χ2n) is 7.95. The summed E-state index contributed by atoms with van der Waals surface area (Å²) in [6, 6.07) is 9.26. The fraction of sp³-hybridized carbons (Fsp3) is 0.250. The van der Waals surface area contributed by atoms with Crippen LogP contribution in [-0.4, -0.2) is 28.3 Å². The van der Waals surface area contributed by atoms with Crippen LogP contribution in [0.2, 0.25) is 0 Å². The van der Waals surface area contributed by atoms with Crippen molar-refractivity contribution in [2.45, 2.75) is 33.6 Å². The lowest BCUT2D eigenvalue weighted by molar-refractivity contribution is -0.117. The van der Waals surface area contributed by atoms with Gasteiger partial charge in [0.25, 0.3) is 5.91 Å². The molecule has 0 bridgehead atoms. The number of hydrogen-bond acceptors (Lipinski definition) is 6. The van der Waals surface area contributed by atoms with E-state index in [0.29, 0.717) is 28.6 Å². The average Bonchev–Trinajstić information content (AvgIpc) is 3.49. The molecule has 0 radical (unpaired) electrons. The van der Waals surface area contributed by atoms with Gasteiger partial charge in [0.15, 0.2) is 11.6 Å². The number of aromatic nitrogens is 2. The lowest BCUT2D eigenvalue weighted by Crippen LogP contribution is -2.24. The highest BCUT2D eigenvalue weighted by atomic mass is 32.1. The van der Waals surface area contributed by atoms with E-state index in [1.54, 1.807) is 12.3 Å². The Labute approximate surface area is 189 Å². The molecular formula is C24H22N4O3S. The Hall–Kier alpha value is -3.52. The quantitative estimate of drug-likeness (QED) is 0.462. The SMILES string of the molecule is Cc1cc(NC(=O)c2sc3nc(-c4ccco4)nc(C)c3c2C)ccc1N1CCCC1=O. The van der Waals surface area contributed by atoms with Crippen molar-refractivity contribution < 1.29 is 14.0 Å². The minimum absolute atomic E-state index is 0.149. The van der Waals surface area contributed by atoms with Crippen molar-refractivity contribution >= 4 is 44.7 Å². The number of hydrogen-bond donors (Lipinski definition) is 1. The molecule has 0 saturated carbocycles. The van der Waals surface area contributed by atoms with Gasteiger partial charge < -0.3 is 14.6 Å². The van der Waals surface area contributed by atoms with E-state index in [2.05, 4.69) is 15.3 Å². The van der Waals surface area contributed by atoms with Gasteiger partial charge in [0.1, 0.15) is 4.83 Å². The predicted molar refractivity (Wildman–Crippen MR) is 125 cm³/mol. The van der Waals surface area contributed by atoms with Crippen molar-refractivity contribution in [2.24, 2.45) is 0 Å². The summed E-state index contributed by atoms with van der Waals surface area (Å²) in [5.74, 6) is 1.07. The summed E-state index contributed by atoms with van der Waals surface area (Å²) in [4.78, 5) is 37.5. The van der Waals surface area contributed by atoms with E-state index >= 15 is 0 Å². The number of carbonyl (C=O) groups is 2. The largest absolute Gasteiger partial charge is 0.461 e. The molecule has 0 aliphatic carbocycles. The summed E-state index contributed by atoms with van der Waals surface area (Å²) in [6.07, 6.45) is 3.06. The number of nitrogens with zero attached hydrogens (tertiary/aromatic N) is 3. The number of anilines is 2. The van der Waals surface area contributed by atoms with E-state index in [4.69, 9.17) is 4.42 Å². The molecule has 3 aromatic heterocycles. The first-order chi connectivity index (χ1) is 15.4. The zero-order valence-corrected chi connectivity index (χ0v) is 18.9. The highest BCUT2D eigenvalue weighted by Crippen LogP contribution is 2.34. The summed E-state index contributed by atoms with van der Waals surface area (Å²) in [6.45, 7) is 6.53. The van der Waals surface area contributed by atoms with Crippen LogP contribution in [0.5, 0.6) is 0 Å². The van der Waals surface area contributed by atoms with Crippen LogP contribution in [0.4, 0.5) is 11.4 Å². The van der Waals surface area contributed by atoms with E-state index in [9.17, 15) is 9.59 Å². The number of aryl methyl sites for hydroxylation is 3. The van der Waals surface area contributed by atoms with E-state index in [-0.39, 0.29) is 11.8 Å². The molecule has 1 aliphatic rings. The highest BCUT2D eigenvalue weighted by molar-refractivity contribution is 7.20. The number of amides is 2. The smallest absolute Gasteiger partial charge is 0.266 e. The number of fused-ring (bicyclic) bond motifs is 1. The van der Waals surface area contributed by atoms with Crippen molar-refractivity contribution in [3.8, 4) is 11.6 Å². The monoisotopic (exact) mass is 446 g/mol. The maximum atomic E-state index is 13.1. The Balaban J connectivity index is 1.44. The molecular weight excluding hydrogens is 424 g/mol. The van der Waals surface area contributed by atoms with Crippen molar-refractivity contribution in [3.05, 3.63) is 58.3 Å². The van der Waals surface area contributed by atoms with Crippen molar-refractivity contribution in [2.75, 3.05) is 16.8 Å². The maximum Gasteiger partial charge on any atom is 0.266 e. The van der Waals surface area contributed by atoms with Gasteiger partial charge in [0.05, 0.1) is 16.8 Å². The first-order valence-electron chi connectivity index (χ1n) is 10.5. The van der Waals surface area contributed by atoms with Gasteiger partial charge >= 0.3 is 0 Å². The van der Waals surface area contributed by atoms with Gasteiger partial charge in [-0.1, -0.05) is 0 Å². The number of carbonyl (C=O) groups excluding carboxylic acids is 2. The molecule has 8 heteroatoms. The highest BCUT2D eigenvalue weighted by Gasteiger charge is 2.24. The molecule has 1 fully saturated rings. The minimum Gasteiger partial charge on any atom is -0.461 e. The first kappa shape index (κ1) is 20.4. The third-order valence-corrected chi connectivity index (χ3v) is 6.92. The third kappa shape index (κ3) is 3.46. The Morgan fingerprint density at radius 3 is 2.72 bits per heavy atom. The van der Waals surface area contributed by atoms with Gasteiger partial charge in [-0.3, -0.25) is 9.59 Å². The molecule has 0 spiro atoms. The molecule has 1 N–H and O–H groups in total. The van der Waals surface area contributed by atoms with Crippen LogP contribution >= 0.6 is 11.3 Å². The fourth-order valence-electron chi connectivity index (χ4n) is 4.20. The standard InChI is InChI=1S/C24H22N4O3S/c1-13-12-16(8-9-17(13)28-10-4-7-19(28)29)26-23(30)21-14(2)20-15(3)25-22(27-24(20)32-21)18-6-5-11-31-18/h5-6,8-9,11-12H,4,7,10H2,1-3H3,(H,26,30). The predicted octanol–water partition coefficient (Wildman–Crippen LogP) is 5.26. The first-order valence-corrected chi connectivity index (χ1v) is 11.3. The molecule has 2 amide bonds. The Morgan fingerprint density at radius 1 is 1.19 bits per heavy atom. The van der Waals surface area contributed by atoms with Gasteiger partial charge in [-0.25, -0.2) is 9.97 Å². The average molecular weight is 447 g/mol. The molecule has 1 saturated heterocycles. The maximum absolute atomic E-state index is 13.1. The van der Waals surface area contributed by atoms with E-state index < -0.39 is 0 Å². The summed E-state index contributed by atoms with van der Waals surface area (Å²) >= 11 is 1.35. The van der Waals surface area contributed by atoms with Crippen LogP contribution in [-0.2, 0) is 4.79 Å². The Morgan fingerprint density at radius 2 is 2.03 bits per heavy atom. The second kappa shape index (κ2) is 7.87. The molecule has 0 unspecified atom stereocenters. The summed E-state index contributed by atoms with van der Waals surface area (Å²) in [7, 11) is 0. The van der Waals surface area contributed by atoms with Gasteiger partial charge in [0.2, 0.25) is 5.91 Å². The zero-order valence-electron chi connectivity index (χ0n) is 18.1. The normalized spacial score (nSPS) is 13.8. The minimum atomic E-state index is -0.186. The molecule has 0 atom stereocenters. The van der Waals surface area contributed by atoms with E-state index in [1.165, 1.54) is 11.3 Å². The molecule has 162 valence electrons. The van der Waals surface area contributed by atoms with Crippen LogP contribution in [0.3, 0.4) is 0 Å². The van der Waals surface area contributed by atoms with Crippen LogP contribution in [0.25, 0.3) is 21.8 Å². The van der Waals surface area contributed by atoms with Crippen LogP contribution in [0, 0.1) is 20.8 Å². The van der Waals surface area contributed by atoms with Crippen molar-refractivity contribution in [3.63, 3.8) is 0 Å². The summed E-state index contributed by atoms with van der Waals surface area (Å²) in [5, 5.41) is 3.89. The van der Waals surface area contributed by atoms with Gasteiger partial charge in [-0.15, -0.1) is 11.3 Å². The van der Waals surface area contributed by atoms with Gasteiger partial charge in [0, 0.05) is 29.7 Å². The number of thiophene rings is 1. The summed E-state index contributed by atoms with van der Waals surface area (Å²) < 4.78 is 5.43. The molecule has 1 aromatic carbocycles.